The van der Waals surface area contributed by atoms with Crippen LogP contribution in [0.15, 0.2) is 0 Å². The highest BCUT2D eigenvalue weighted by atomic mass is 16.5. The van der Waals surface area contributed by atoms with E-state index in [2.05, 4.69) is 4.74 Å². The van der Waals surface area contributed by atoms with Crippen LogP contribution in [0.2, 0.25) is 0 Å². The predicted molar refractivity (Wildman–Crippen MR) is 59.2 cm³/mol. The van der Waals surface area contributed by atoms with Crippen molar-refractivity contribution in [2.24, 2.45) is 0 Å². The third kappa shape index (κ3) is 11.5. The van der Waals surface area contributed by atoms with E-state index in [-0.39, 0.29) is 5.60 Å². The van der Waals surface area contributed by atoms with Crippen LogP contribution in [-0.2, 0) is 9.53 Å². The van der Waals surface area contributed by atoms with Crippen molar-refractivity contribution < 1.29 is 9.53 Å². The monoisotopic (exact) mass is 200 g/mol. The van der Waals surface area contributed by atoms with E-state index in [0.29, 0.717) is 6.47 Å². The van der Waals surface area contributed by atoms with Crippen molar-refractivity contribution in [3.05, 3.63) is 0 Å². The Labute approximate surface area is 88.0 Å². The molecule has 2 nitrogen and oxygen atoms in total. The fourth-order valence-electron chi connectivity index (χ4n) is 1.38. The minimum Gasteiger partial charge on any atom is -0.462 e. The normalized spacial score (nSPS) is 17.4. The zero-order valence-electron chi connectivity index (χ0n) is 9.84. The van der Waals surface area contributed by atoms with Crippen LogP contribution >= 0.6 is 0 Å². The number of hydrogen-bond acceptors (Lipinski definition) is 2. The van der Waals surface area contributed by atoms with E-state index >= 15 is 0 Å². The number of ether oxygens (including phenoxy) is 1. The van der Waals surface area contributed by atoms with Gasteiger partial charge in [0.05, 0.1) is 0 Å². The molecule has 0 aromatic heterocycles. The molecule has 0 saturated heterocycles. The summed E-state index contributed by atoms with van der Waals surface area (Å²) < 4.78 is 4.55. The molecule has 1 saturated carbocycles. The van der Waals surface area contributed by atoms with Crippen molar-refractivity contribution in [1.82, 2.24) is 0 Å². The molecular formula is C12H24O2. The highest BCUT2D eigenvalue weighted by Gasteiger charge is 2.07. The van der Waals surface area contributed by atoms with Gasteiger partial charge in [0.2, 0.25) is 0 Å². The minimum absolute atomic E-state index is 0.318. The molecule has 1 aliphatic rings. The van der Waals surface area contributed by atoms with E-state index < -0.39 is 0 Å². The van der Waals surface area contributed by atoms with Crippen LogP contribution in [0, 0.1) is 0 Å². The summed E-state index contributed by atoms with van der Waals surface area (Å²) in [5.74, 6) is 0. The molecule has 0 aromatic carbocycles. The Morgan fingerprint density at radius 2 is 1.14 bits per heavy atom. The lowest BCUT2D eigenvalue weighted by Crippen LogP contribution is -2.17. The molecule has 0 aliphatic heterocycles. The van der Waals surface area contributed by atoms with Crippen molar-refractivity contribution in [1.29, 1.82) is 0 Å². The first kappa shape index (κ1) is 13.5. The lowest BCUT2D eigenvalue weighted by molar-refractivity contribution is -0.138. The topological polar surface area (TPSA) is 26.3 Å². The Balaban J connectivity index is 0.000000241. The lowest BCUT2D eigenvalue weighted by Gasteiger charge is -2.14. The molecular weight excluding hydrogens is 176 g/mol. The Kier molecular flexibility index (Phi) is 7.54. The summed E-state index contributed by atoms with van der Waals surface area (Å²) in [7, 11) is 0. The van der Waals surface area contributed by atoms with E-state index in [9.17, 15) is 4.79 Å². The van der Waals surface area contributed by atoms with E-state index in [1.807, 2.05) is 20.8 Å². The number of hydrogen-bond donors (Lipinski definition) is 0. The first-order valence-corrected chi connectivity index (χ1v) is 5.68. The quantitative estimate of drug-likeness (QED) is 0.476. The van der Waals surface area contributed by atoms with Gasteiger partial charge < -0.3 is 4.74 Å². The Bertz CT molecular complexity index is 116. The molecule has 14 heavy (non-hydrogen) atoms. The third-order valence-electron chi connectivity index (χ3n) is 2.15. The van der Waals surface area contributed by atoms with Crippen LogP contribution < -0.4 is 0 Å². The highest BCUT2D eigenvalue weighted by Crippen LogP contribution is 2.15. The maximum absolute atomic E-state index is 9.60. The maximum Gasteiger partial charge on any atom is 0.293 e. The molecule has 0 spiro atoms. The van der Waals surface area contributed by atoms with Gasteiger partial charge in [0.15, 0.2) is 0 Å². The van der Waals surface area contributed by atoms with Crippen molar-refractivity contribution in [2.75, 3.05) is 0 Å². The van der Waals surface area contributed by atoms with Gasteiger partial charge in [0.25, 0.3) is 6.47 Å². The Morgan fingerprint density at radius 3 is 1.21 bits per heavy atom. The number of carbonyl (C=O) groups is 1. The Morgan fingerprint density at radius 1 is 0.857 bits per heavy atom. The minimum atomic E-state index is -0.318. The van der Waals surface area contributed by atoms with Gasteiger partial charge in [-0.15, -0.1) is 0 Å². The summed E-state index contributed by atoms with van der Waals surface area (Å²) in [5, 5.41) is 0. The van der Waals surface area contributed by atoms with Crippen LogP contribution in [0.25, 0.3) is 0 Å². The van der Waals surface area contributed by atoms with Gasteiger partial charge >= 0.3 is 0 Å². The summed E-state index contributed by atoms with van der Waals surface area (Å²) in [6, 6.07) is 0. The van der Waals surface area contributed by atoms with Crippen molar-refractivity contribution >= 4 is 6.47 Å². The van der Waals surface area contributed by atoms with E-state index in [4.69, 9.17) is 0 Å². The SMILES string of the molecule is C1CCCCCC1.CC(C)(C)OC=O. The van der Waals surface area contributed by atoms with Crippen LogP contribution in [0.1, 0.15) is 65.7 Å². The fourth-order valence-corrected chi connectivity index (χ4v) is 1.38. The fraction of sp³-hybridized carbons (Fsp3) is 0.917. The zero-order chi connectivity index (χ0) is 10.9. The predicted octanol–water partition coefficient (Wildman–Crippen LogP) is 3.69. The maximum atomic E-state index is 9.60. The second-order valence-electron chi connectivity index (χ2n) is 4.80. The third-order valence-corrected chi connectivity index (χ3v) is 2.15. The van der Waals surface area contributed by atoms with Gasteiger partial charge in [-0.2, -0.15) is 0 Å². The second-order valence-corrected chi connectivity index (χ2v) is 4.80. The largest absolute Gasteiger partial charge is 0.462 e. The summed E-state index contributed by atoms with van der Waals surface area (Å²) in [6.45, 7) is 5.92. The smallest absolute Gasteiger partial charge is 0.293 e. The van der Waals surface area contributed by atoms with Gasteiger partial charge in [-0.1, -0.05) is 44.9 Å². The molecule has 2 heteroatoms. The molecule has 0 atom stereocenters. The summed E-state index contributed by atoms with van der Waals surface area (Å²) >= 11 is 0. The number of rotatable bonds is 1. The van der Waals surface area contributed by atoms with Crippen LogP contribution in [-0.4, -0.2) is 12.1 Å². The molecule has 1 fully saturated rings. The standard InChI is InChI=1S/C7H14.C5H10O2/c1-2-4-6-7-5-3-1;1-5(2,3)7-4-6/h1-7H2;4H,1-3H3. The van der Waals surface area contributed by atoms with Gasteiger partial charge in [-0.3, -0.25) is 4.79 Å². The summed E-state index contributed by atoms with van der Waals surface area (Å²) in [6.07, 6.45) is 10.5. The van der Waals surface area contributed by atoms with E-state index in [0.717, 1.165) is 0 Å². The molecule has 1 aliphatic carbocycles. The average molecular weight is 200 g/mol. The lowest BCUT2D eigenvalue weighted by atomic mass is 10.2. The zero-order valence-corrected chi connectivity index (χ0v) is 9.84. The molecule has 0 radical (unpaired) electrons. The van der Waals surface area contributed by atoms with E-state index in [1.54, 1.807) is 0 Å². The van der Waals surface area contributed by atoms with Crippen LogP contribution in [0.4, 0.5) is 0 Å². The van der Waals surface area contributed by atoms with Crippen molar-refractivity contribution in [2.45, 2.75) is 71.3 Å². The average Bonchev–Trinajstić information content (AvgIpc) is 2.32. The Hall–Kier alpha value is -0.530. The molecule has 0 heterocycles. The first-order valence-electron chi connectivity index (χ1n) is 5.68. The van der Waals surface area contributed by atoms with Crippen LogP contribution in [0.3, 0.4) is 0 Å². The molecule has 0 unspecified atom stereocenters. The van der Waals surface area contributed by atoms with Gasteiger partial charge in [0, 0.05) is 0 Å². The van der Waals surface area contributed by atoms with Crippen LogP contribution in [0.5, 0.6) is 0 Å². The first-order chi connectivity index (χ1) is 6.56. The molecule has 0 aromatic rings. The summed E-state index contributed by atoms with van der Waals surface area (Å²) in [5.41, 5.74) is -0.318. The van der Waals surface area contributed by atoms with Crippen molar-refractivity contribution in [3.63, 3.8) is 0 Å². The molecule has 1 rings (SSSR count). The van der Waals surface area contributed by atoms with Gasteiger partial charge in [-0.05, 0) is 20.8 Å². The highest BCUT2D eigenvalue weighted by molar-refractivity contribution is 5.37. The summed E-state index contributed by atoms with van der Waals surface area (Å²) in [4.78, 5) is 9.60. The molecule has 0 N–H and O–H groups in total. The number of carbonyl (C=O) groups excluding carboxylic acids is 1. The molecule has 0 amide bonds. The molecule has 0 bridgehead atoms. The second kappa shape index (κ2) is 7.84. The molecule has 84 valence electrons. The van der Waals surface area contributed by atoms with Crippen molar-refractivity contribution in [3.8, 4) is 0 Å². The van der Waals surface area contributed by atoms with Gasteiger partial charge in [0.1, 0.15) is 5.60 Å². The van der Waals surface area contributed by atoms with Gasteiger partial charge in [-0.25, -0.2) is 0 Å². The van der Waals surface area contributed by atoms with E-state index in [1.165, 1.54) is 44.9 Å².